The molecule has 0 bridgehead atoms. The van der Waals surface area contributed by atoms with Crippen LogP contribution in [0.4, 0.5) is 5.69 Å². The van der Waals surface area contributed by atoms with Crippen LogP contribution in [0.2, 0.25) is 0 Å². The smallest absolute Gasteiger partial charge is 0.251 e. The molecule has 0 aliphatic carbocycles. The van der Waals surface area contributed by atoms with Gasteiger partial charge in [0, 0.05) is 61.7 Å². The zero-order valence-electron chi connectivity index (χ0n) is 14.2. The topological polar surface area (TPSA) is 54.5 Å². The number of amides is 1. The van der Waals surface area contributed by atoms with E-state index in [1.807, 2.05) is 42.7 Å². The first-order chi connectivity index (χ1) is 12.3. The summed E-state index contributed by atoms with van der Waals surface area (Å²) >= 11 is 0. The number of ether oxygens (including phenoxy) is 1. The van der Waals surface area contributed by atoms with E-state index < -0.39 is 0 Å². The summed E-state index contributed by atoms with van der Waals surface area (Å²) in [5.41, 5.74) is 3.18. The van der Waals surface area contributed by atoms with Crippen molar-refractivity contribution in [2.45, 2.75) is 12.3 Å². The van der Waals surface area contributed by atoms with Gasteiger partial charge in [-0.3, -0.25) is 9.78 Å². The lowest BCUT2D eigenvalue weighted by molar-refractivity contribution is 0.0945. The Morgan fingerprint density at radius 2 is 2.08 bits per heavy atom. The SMILES string of the molecule is O=C(NCC1CCOC1)c1ccc(N2CC(c3cccnc3)C2)cc1. The van der Waals surface area contributed by atoms with Crippen molar-refractivity contribution in [1.82, 2.24) is 10.3 Å². The van der Waals surface area contributed by atoms with Crippen LogP contribution in [0, 0.1) is 5.92 Å². The Morgan fingerprint density at radius 1 is 1.24 bits per heavy atom. The monoisotopic (exact) mass is 337 g/mol. The third kappa shape index (κ3) is 3.66. The van der Waals surface area contributed by atoms with Crippen molar-refractivity contribution >= 4 is 11.6 Å². The van der Waals surface area contributed by atoms with E-state index in [2.05, 4.69) is 21.3 Å². The minimum atomic E-state index is -0.00436. The molecule has 1 unspecified atom stereocenters. The van der Waals surface area contributed by atoms with E-state index in [1.165, 1.54) is 11.3 Å². The molecule has 25 heavy (non-hydrogen) atoms. The van der Waals surface area contributed by atoms with E-state index in [0.29, 0.717) is 23.9 Å². The van der Waals surface area contributed by atoms with Crippen LogP contribution in [0.25, 0.3) is 0 Å². The molecule has 2 saturated heterocycles. The summed E-state index contributed by atoms with van der Waals surface area (Å²) in [5, 5.41) is 3.01. The third-order valence-corrected chi connectivity index (χ3v) is 5.11. The van der Waals surface area contributed by atoms with Gasteiger partial charge < -0.3 is 15.0 Å². The molecule has 130 valence electrons. The van der Waals surface area contributed by atoms with E-state index in [4.69, 9.17) is 4.74 Å². The Morgan fingerprint density at radius 3 is 2.76 bits per heavy atom. The molecule has 2 aromatic rings. The van der Waals surface area contributed by atoms with Crippen LogP contribution < -0.4 is 10.2 Å². The molecule has 5 nitrogen and oxygen atoms in total. The van der Waals surface area contributed by atoms with E-state index in [-0.39, 0.29) is 5.91 Å². The van der Waals surface area contributed by atoms with Gasteiger partial charge in [0.2, 0.25) is 0 Å². The molecular formula is C20H23N3O2. The molecule has 1 amide bonds. The van der Waals surface area contributed by atoms with Crippen LogP contribution >= 0.6 is 0 Å². The van der Waals surface area contributed by atoms with Crippen molar-refractivity contribution in [3.63, 3.8) is 0 Å². The molecule has 0 saturated carbocycles. The first kappa shape index (κ1) is 16.1. The van der Waals surface area contributed by atoms with Gasteiger partial charge in [0.05, 0.1) is 6.61 Å². The maximum atomic E-state index is 12.2. The highest BCUT2D eigenvalue weighted by Crippen LogP contribution is 2.31. The number of hydrogen-bond donors (Lipinski definition) is 1. The second-order valence-corrected chi connectivity index (χ2v) is 6.87. The van der Waals surface area contributed by atoms with Gasteiger partial charge in [-0.2, -0.15) is 0 Å². The van der Waals surface area contributed by atoms with Crippen molar-refractivity contribution in [2.24, 2.45) is 5.92 Å². The maximum Gasteiger partial charge on any atom is 0.251 e. The van der Waals surface area contributed by atoms with Crippen molar-refractivity contribution in [3.8, 4) is 0 Å². The summed E-state index contributed by atoms with van der Waals surface area (Å²) in [4.78, 5) is 18.8. The van der Waals surface area contributed by atoms with Crippen LogP contribution in [0.3, 0.4) is 0 Å². The number of aromatic nitrogens is 1. The van der Waals surface area contributed by atoms with Crippen LogP contribution in [-0.4, -0.2) is 43.7 Å². The van der Waals surface area contributed by atoms with Gasteiger partial charge in [-0.15, -0.1) is 0 Å². The molecule has 1 aromatic heterocycles. The number of benzene rings is 1. The first-order valence-electron chi connectivity index (χ1n) is 8.90. The number of nitrogens with zero attached hydrogens (tertiary/aromatic N) is 2. The minimum absolute atomic E-state index is 0.00436. The molecule has 1 atom stereocenters. The Labute approximate surface area is 148 Å². The summed E-state index contributed by atoms with van der Waals surface area (Å²) in [6, 6.07) is 12.0. The molecule has 2 aliphatic rings. The molecule has 2 aliphatic heterocycles. The second kappa shape index (κ2) is 7.23. The minimum Gasteiger partial charge on any atom is -0.381 e. The Kier molecular flexibility index (Phi) is 4.65. The average molecular weight is 337 g/mol. The third-order valence-electron chi connectivity index (χ3n) is 5.11. The highest BCUT2D eigenvalue weighted by molar-refractivity contribution is 5.94. The fourth-order valence-electron chi connectivity index (χ4n) is 3.42. The lowest BCUT2D eigenvalue weighted by Gasteiger charge is -2.41. The number of hydrogen-bond acceptors (Lipinski definition) is 4. The van der Waals surface area contributed by atoms with Gasteiger partial charge in [0.25, 0.3) is 5.91 Å². The average Bonchev–Trinajstić information content (AvgIpc) is 3.13. The molecule has 3 heterocycles. The summed E-state index contributed by atoms with van der Waals surface area (Å²) in [7, 11) is 0. The maximum absolute atomic E-state index is 12.2. The Hall–Kier alpha value is -2.40. The predicted octanol–water partition coefficient (Wildman–Crippen LogP) is 2.45. The fraction of sp³-hybridized carbons (Fsp3) is 0.400. The Balaban J connectivity index is 1.29. The standard InChI is InChI=1S/C20H23N3O2/c24-20(22-10-15-7-9-25-14-15)16-3-5-19(6-4-16)23-12-18(13-23)17-2-1-8-21-11-17/h1-6,8,11,15,18H,7,9-10,12-14H2,(H,22,24). The fourth-order valence-corrected chi connectivity index (χ4v) is 3.42. The summed E-state index contributed by atoms with van der Waals surface area (Å²) < 4.78 is 5.34. The largest absolute Gasteiger partial charge is 0.381 e. The lowest BCUT2D eigenvalue weighted by Crippen LogP contribution is -2.45. The molecule has 1 aromatic carbocycles. The van der Waals surface area contributed by atoms with Crippen LogP contribution in [0.1, 0.15) is 28.3 Å². The highest BCUT2D eigenvalue weighted by atomic mass is 16.5. The molecule has 5 heteroatoms. The molecule has 0 spiro atoms. The number of pyridine rings is 1. The zero-order valence-corrected chi connectivity index (χ0v) is 14.2. The normalized spacial score (nSPS) is 20.3. The summed E-state index contributed by atoms with van der Waals surface area (Å²) in [6.45, 7) is 4.26. The van der Waals surface area contributed by atoms with Gasteiger partial charge in [-0.25, -0.2) is 0 Å². The first-order valence-corrected chi connectivity index (χ1v) is 8.90. The lowest BCUT2D eigenvalue weighted by atomic mass is 9.92. The number of nitrogens with one attached hydrogen (secondary N) is 1. The van der Waals surface area contributed by atoms with Gasteiger partial charge in [0.15, 0.2) is 0 Å². The van der Waals surface area contributed by atoms with Crippen LogP contribution in [0.5, 0.6) is 0 Å². The van der Waals surface area contributed by atoms with Crippen molar-refractivity contribution in [1.29, 1.82) is 0 Å². The molecular weight excluding hydrogens is 314 g/mol. The number of carbonyl (C=O) groups excluding carboxylic acids is 1. The highest BCUT2D eigenvalue weighted by Gasteiger charge is 2.28. The van der Waals surface area contributed by atoms with Crippen molar-refractivity contribution in [3.05, 3.63) is 59.9 Å². The number of anilines is 1. The van der Waals surface area contributed by atoms with Gasteiger partial charge >= 0.3 is 0 Å². The van der Waals surface area contributed by atoms with Crippen molar-refractivity contribution in [2.75, 3.05) is 37.7 Å². The Bertz CT molecular complexity index is 705. The van der Waals surface area contributed by atoms with Gasteiger partial charge in [-0.05, 0) is 42.3 Å². The molecule has 4 rings (SSSR count). The van der Waals surface area contributed by atoms with Gasteiger partial charge in [0.1, 0.15) is 0 Å². The van der Waals surface area contributed by atoms with Crippen molar-refractivity contribution < 1.29 is 9.53 Å². The number of rotatable bonds is 5. The zero-order chi connectivity index (χ0) is 17.1. The second-order valence-electron chi connectivity index (χ2n) is 6.87. The summed E-state index contributed by atoms with van der Waals surface area (Å²) in [5.74, 6) is 0.995. The van der Waals surface area contributed by atoms with E-state index in [9.17, 15) is 4.79 Å². The van der Waals surface area contributed by atoms with Crippen LogP contribution in [0.15, 0.2) is 48.8 Å². The van der Waals surface area contributed by atoms with Crippen LogP contribution in [-0.2, 0) is 4.74 Å². The number of carbonyl (C=O) groups is 1. The van der Waals surface area contributed by atoms with Gasteiger partial charge in [-0.1, -0.05) is 6.07 Å². The van der Waals surface area contributed by atoms with E-state index in [0.717, 1.165) is 32.7 Å². The van der Waals surface area contributed by atoms with E-state index >= 15 is 0 Å². The molecule has 2 fully saturated rings. The molecule has 0 radical (unpaired) electrons. The quantitative estimate of drug-likeness (QED) is 0.911. The van der Waals surface area contributed by atoms with E-state index in [1.54, 1.807) is 0 Å². The summed E-state index contributed by atoms with van der Waals surface area (Å²) in [6.07, 6.45) is 4.79. The molecule has 1 N–H and O–H groups in total. The predicted molar refractivity (Wildman–Crippen MR) is 96.9 cm³/mol.